The number of likely N-dealkylation sites (tertiary alicyclic amines) is 1. The molecule has 0 aromatic carbocycles. The van der Waals surface area contributed by atoms with Crippen LogP contribution < -0.4 is 15.8 Å². The van der Waals surface area contributed by atoms with Gasteiger partial charge in [-0.05, 0) is 70.2 Å². The highest BCUT2D eigenvalue weighted by Gasteiger charge is 2.51. The van der Waals surface area contributed by atoms with Crippen LogP contribution in [0.2, 0.25) is 0 Å². The number of carbonyl (C=O) groups excluding carboxylic acids is 2. The predicted octanol–water partition coefficient (Wildman–Crippen LogP) is 4.35. The number of anilines is 2. The summed E-state index contributed by atoms with van der Waals surface area (Å²) in [6, 6.07) is 5.13. The molecular weight excluding hydrogens is 527 g/mol. The molecule has 6 rings (SSSR count). The second kappa shape index (κ2) is 9.34. The molecule has 10 nitrogen and oxygen atoms in total. The standard InChI is InChI=1S/C30H35FN6O4/c1-14-25-16(28(39)41-30(14,5)6)7-8-23(36-25)35-24-10-17-19(11-33-24)26(34-12-20(17)29(3,4)32)40-22-13-37(15(22)2)27(38)18-9-21(18)31/h7-8,10-12,14-15,18,21-22H,9,13,32H2,1-6H3,(H,33,35,36)/t14-,15+,18-,21+,22-/m1/s1. The van der Waals surface area contributed by atoms with E-state index < -0.39 is 23.2 Å². The minimum Gasteiger partial charge on any atom is -0.470 e. The molecule has 0 bridgehead atoms. The maximum Gasteiger partial charge on any atom is 0.340 e. The van der Waals surface area contributed by atoms with Gasteiger partial charge in [-0.3, -0.25) is 4.79 Å². The van der Waals surface area contributed by atoms with Crippen LogP contribution in [0.4, 0.5) is 16.0 Å². The van der Waals surface area contributed by atoms with Crippen LogP contribution >= 0.6 is 0 Å². The first-order valence-corrected chi connectivity index (χ1v) is 13.9. The molecular formula is C30H35FN6O4. The van der Waals surface area contributed by atoms with Gasteiger partial charge in [0.1, 0.15) is 29.5 Å². The number of pyridine rings is 3. The van der Waals surface area contributed by atoms with E-state index in [0.29, 0.717) is 47.1 Å². The van der Waals surface area contributed by atoms with Gasteiger partial charge < -0.3 is 25.4 Å². The zero-order valence-corrected chi connectivity index (χ0v) is 24.1. The van der Waals surface area contributed by atoms with Gasteiger partial charge in [-0.2, -0.15) is 0 Å². The van der Waals surface area contributed by atoms with Gasteiger partial charge in [-0.15, -0.1) is 0 Å². The number of nitrogens with zero attached hydrogens (tertiary/aromatic N) is 4. The third kappa shape index (κ3) is 4.75. The summed E-state index contributed by atoms with van der Waals surface area (Å²) in [5.41, 5.74) is 7.08. The van der Waals surface area contributed by atoms with Gasteiger partial charge >= 0.3 is 5.97 Å². The number of carbonyl (C=O) groups is 2. The summed E-state index contributed by atoms with van der Waals surface area (Å²) in [6.07, 6.45) is 2.41. The van der Waals surface area contributed by atoms with Crippen LogP contribution in [0.25, 0.3) is 10.8 Å². The van der Waals surface area contributed by atoms with Crippen molar-refractivity contribution in [3.8, 4) is 5.88 Å². The Labute approximate surface area is 237 Å². The molecule has 5 atom stereocenters. The van der Waals surface area contributed by atoms with Gasteiger partial charge in [0.25, 0.3) is 0 Å². The molecule has 0 spiro atoms. The number of esters is 1. The summed E-state index contributed by atoms with van der Waals surface area (Å²) >= 11 is 0. The molecule has 1 amide bonds. The molecule has 11 heteroatoms. The number of fused-ring (bicyclic) bond motifs is 2. The number of hydrogen-bond acceptors (Lipinski definition) is 9. The lowest BCUT2D eigenvalue weighted by Gasteiger charge is -2.45. The molecule has 3 aromatic rings. The molecule has 216 valence electrons. The van der Waals surface area contributed by atoms with E-state index in [-0.39, 0.29) is 29.9 Å². The Morgan fingerprint density at radius 2 is 1.93 bits per heavy atom. The van der Waals surface area contributed by atoms with E-state index in [1.54, 1.807) is 29.4 Å². The van der Waals surface area contributed by atoms with E-state index in [0.717, 1.165) is 10.9 Å². The normalized spacial score (nSPS) is 26.6. The first kappa shape index (κ1) is 27.3. The SMILES string of the molecule is C[C@@H]1c2nc(Nc3cc4c(C(C)(C)N)cnc(O[C@@H]5CN(C(=O)[C@@H]6C[C@@H]6F)[C@H]5C)c4cn3)ccc2C(=O)OC1(C)C. The van der Waals surface area contributed by atoms with Gasteiger partial charge in [-0.25, -0.2) is 24.1 Å². The molecule has 3 aromatic heterocycles. The second-order valence-electron chi connectivity index (χ2n) is 12.5. The van der Waals surface area contributed by atoms with E-state index in [1.807, 2.05) is 47.6 Å². The third-order valence-corrected chi connectivity index (χ3v) is 8.62. The summed E-state index contributed by atoms with van der Waals surface area (Å²) in [4.78, 5) is 40.5. The number of aromatic nitrogens is 3. The molecule has 1 saturated heterocycles. The number of alkyl halides is 1. The van der Waals surface area contributed by atoms with Crippen LogP contribution in [0.15, 0.2) is 30.6 Å². The van der Waals surface area contributed by atoms with E-state index in [9.17, 15) is 14.0 Å². The number of nitrogens with one attached hydrogen (secondary N) is 1. The fourth-order valence-electron chi connectivity index (χ4n) is 5.45. The quantitative estimate of drug-likeness (QED) is 0.421. The Morgan fingerprint density at radius 3 is 2.59 bits per heavy atom. The van der Waals surface area contributed by atoms with Crippen molar-refractivity contribution in [2.45, 2.75) is 83.3 Å². The average Bonchev–Trinajstić information content (AvgIpc) is 3.64. The van der Waals surface area contributed by atoms with Crippen molar-refractivity contribution in [2.24, 2.45) is 11.7 Å². The molecule has 2 fully saturated rings. The minimum absolute atomic E-state index is 0.0975. The van der Waals surface area contributed by atoms with Crippen molar-refractivity contribution < 1.29 is 23.5 Å². The largest absolute Gasteiger partial charge is 0.470 e. The van der Waals surface area contributed by atoms with Gasteiger partial charge in [-0.1, -0.05) is 6.92 Å². The summed E-state index contributed by atoms with van der Waals surface area (Å²) in [5.74, 6) is 0.348. The molecule has 0 radical (unpaired) electrons. The van der Waals surface area contributed by atoms with Crippen molar-refractivity contribution in [2.75, 3.05) is 11.9 Å². The summed E-state index contributed by atoms with van der Waals surface area (Å²) in [6.45, 7) is 11.8. The smallest absolute Gasteiger partial charge is 0.340 e. The number of nitrogens with two attached hydrogens (primary N) is 1. The highest BCUT2D eigenvalue weighted by molar-refractivity contribution is 5.93. The zero-order valence-electron chi connectivity index (χ0n) is 24.1. The molecule has 0 unspecified atom stereocenters. The van der Waals surface area contributed by atoms with Crippen molar-refractivity contribution in [1.82, 2.24) is 19.9 Å². The third-order valence-electron chi connectivity index (χ3n) is 8.62. The summed E-state index contributed by atoms with van der Waals surface area (Å²) < 4.78 is 25.2. The van der Waals surface area contributed by atoms with Crippen molar-refractivity contribution in [3.05, 3.63) is 47.4 Å². The Kier molecular flexibility index (Phi) is 6.22. The summed E-state index contributed by atoms with van der Waals surface area (Å²) in [5, 5.41) is 4.76. The lowest BCUT2D eigenvalue weighted by Crippen LogP contribution is -2.63. The Morgan fingerprint density at radius 1 is 1.20 bits per heavy atom. The van der Waals surface area contributed by atoms with Gasteiger partial charge in [0.2, 0.25) is 11.8 Å². The van der Waals surface area contributed by atoms with Crippen molar-refractivity contribution in [1.29, 1.82) is 0 Å². The predicted molar refractivity (Wildman–Crippen MR) is 151 cm³/mol. The average molecular weight is 563 g/mol. The van der Waals surface area contributed by atoms with E-state index in [2.05, 4.69) is 15.3 Å². The molecule has 1 aliphatic carbocycles. The minimum atomic E-state index is -1.02. The highest BCUT2D eigenvalue weighted by atomic mass is 19.1. The fourth-order valence-corrected chi connectivity index (χ4v) is 5.45. The Bertz CT molecular complexity index is 1570. The molecule has 5 heterocycles. The molecule has 41 heavy (non-hydrogen) atoms. The number of cyclic esters (lactones) is 1. The van der Waals surface area contributed by atoms with Crippen LogP contribution in [0.5, 0.6) is 5.88 Å². The number of hydrogen-bond donors (Lipinski definition) is 2. The Balaban J connectivity index is 1.28. The lowest BCUT2D eigenvalue weighted by molar-refractivity contribution is -0.148. The number of amides is 1. The van der Waals surface area contributed by atoms with Crippen LogP contribution in [-0.2, 0) is 15.1 Å². The van der Waals surface area contributed by atoms with E-state index in [4.69, 9.17) is 20.2 Å². The maximum atomic E-state index is 13.4. The Hall–Kier alpha value is -3.86. The molecule has 3 N–H and O–H groups in total. The molecule has 2 aliphatic heterocycles. The monoisotopic (exact) mass is 562 g/mol. The van der Waals surface area contributed by atoms with Gasteiger partial charge in [0, 0.05) is 23.9 Å². The van der Waals surface area contributed by atoms with Gasteiger partial charge in [0.15, 0.2) is 0 Å². The maximum absolute atomic E-state index is 13.4. The first-order valence-electron chi connectivity index (χ1n) is 13.9. The lowest BCUT2D eigenvalue weighted by atomic mass is 9.84. The zero-order chi connectivity index (χ0) is 29.4. The first-order chi connectivity index (χ1) is 19.2. The number of rotatable bonds is 6. The topological polar surface area (TPSA) is 133 Å². The summed E-state index contributed by atoms with van der Waals surface area (Å²) in [7, 11) is 0. The van der Waals surface area contributed by atoms with E-state index >= 15 is 0 Å². The highest BCUT2D eigenvalue weighted by Crippen LogP contribution is 2.40. The number of ether oxygens (including phenoxy) is 2. The number of halogens is 1. The van der Waals surface area contributed by atoms with Crippen LogP contribution in [0.3, 0.4) is 0 Å². The fraction of sp³-hybridized carbons (Fsp3) is 0.500. The van der Waals surface area contributed by atoms with Crippen molar-refractivity contribution >= 4 is 34.3 Å². The van der Waals surface area contributed by atoms with E-state index in [1.165, 1.54) is 0 Å². The second-order valence-corrected chi connectivity index (χ2v) is 12.5. The molecule has 1 saturated carbocycles. The molecule has 3 aliphatic rings. The van der Waals surface area contributed by atoms with Gasteiger partial charge in [0.05, 0.1) is 35.1 Å². The van der Waals surface area contributed by atoms with Crippen LogP contribution in [-0.4, -0.2) is 62.2 Å². The van der Waals surface area contributed by atoms with Crippen LogP contribution in [0.1, 0.15) is 75.5 Å². The van der Waals surface area contributed by atoms with Crippen LogP contribution in [0, 0.1) is 5.92 Å². The van der Waals surface area contributed by atoms with Crippen molar-refractivity contribution in [3.63, 3.8) is 0 Å².